The van der Waals surface area contributed by atoms with Crippen molar-refractivity contribution in [2.45, 2.75) is 91.5 Å². The highest BCUT2D eigenvalue weighted by molar-refractivity contribution is 5.98. The fourth-order valence-electron chi connectivity index (χ4n) is 8.31. The zero-order chi connectivity index (χ0) is 21.4. The number of hydrogen-bond acceptors (Lipinski definition) is 3. The summed E-state index contributed by atoms with van der Waals surface area (Å²) in [6, 6.07) is 0. The smallest absolute Gasteiger partial charge is 0.187 e. The molecule has 1 unspecified atom stereocenters. The number of aliphatic hydroxyl groups is 1. The molecule has 3 heteroatoms. The van der Waals surface area contributed by atoms with Gasteiger partial charge in [0.15, 0.2) is 5.78 Å². The van der Waals surface area contributed by atoms with E-state index >= 15 is 0 Å². The molecular formula is C27H40O3. The highest BCUT2D eigenvalue weighted by Crippen LogP contribution is 2.68. The van der Waals surface area contributed by atoms with Crippen LogP contribution in [0.1, 0.15) is 73.1 Å². The fraction of sp³-hybridized carbons (Fsp3) is 0.815. The largest absolute Gasteiger partial charge is 0.393 e. The van der Waals surface area contributed by atoms with Gasteiger partial charge in [0.25, 0.3) is 0 Å². The van der Waals surface area contributed by atoms with Crippen molar-refractivity contribution < 1.29 is 14.6 Å². The van der Waals surface area contributed by atoms with E-state index in [-0.39, 0.29) is 29.5 Å². The lowest BCUT2D eigenvalue weighted by Crippen LogP contribution is -2.51. The van der Waals surface area contributed by atoms with Crippen LogP contribution in [0.4, 0.5) is 0 Å². The Morgan fingerprint density at radius 2 is 1.90 bits per heavy atom. The molecule has 10 atom stereocenters. The Labute approximate surface area is 182 Å². The maximum atomic E-state index is 12.2. The fourth-order valence-corrected chi connectivity index (χ4v) is 8.31. The zero-order valence-corrected chi connectivity index (χ0v) is 19.4. The van der Waals surface area contributed by atoms with Gasteiger partial charge >= 0.3 is 0 Å². The van der Waals surface area contributed by atoms with Crippen LogP contribution in [0.3, 0.4) is 0 Å². The summed E-state index contributed by atoms with van der Waals surface area (Å²) < 4.78 is 5.92. The molecule has 2 saturated carbocycles. The van der Waals surface area contributed by atoms with Gasteiger partial charge in [-0.1, -0.05) is 46.8 Å². The molecule has 5 aliphatic rings. The molecule has 0 aromatic rings. The van der Waals surface area contributed by atoms with Crippen molar-refractivity contribution in [3.05, 3.63) is 23.8 Å². The number of ether oxygens (including phenoxy) is 1. The van der Waals surface area contributed by atoms with E-state index in [1.807, 2.05) is 6.08 Å². The Morgan fingerprint density at radius 1 is 1.13 bits per heavy atom. The topological polar surface area (TPSA) is 49.8 Å². The quantitative estimate of drug-likeness (QED) is 0.621. The van der Waals surface area contributed by atoms with Gasteiger partial charge in [0.1, 0.15) is 12.2 Å². The Kier molecular flexibility index (Phi) is 4.91. The molecule has 1 saturated heterocycles. The standard InChI is InChI=1S/C27H40O3/c1-15(2)22(28)11-6-16(3)19-9-10-20-18-8-7-17-14-23(29)24-25(30-24)27(17,5)21(18)12-13-26(19,20)4/h7-8,14-16,18-22,24-25,28H,6,9-13H2,1-5H3/t16-,18+,19-,20+,21+,22?,24+,25+,26-,27+/m1/s1. The van der Waals surface area contributed by atoms with E-state index in [0.29, 0.717) is 29.1 Å². The van der Waals surface area contributed by atoms with Crippen LogP contribution in [0.5, 0.6) is 0 Å². The third kappa shape index (κ3) is 2.87. The number of fused-ring (bicyclic) bond motifs is 7. The maximum absolute atomic E-state index is 12.2. The van der Waals surface area contributed by atoms with Crippen LogP contribution in [0, 0.1) is 46.3 Å². The summed E-state index contributed by atoms with van der Waals surface area (Å²) in [6.07, 6.45) is 13.7. The number of ketones is 1. The summed E-state index contributed by atoms with van der Waals surface area (Å²) in [7, 11) is 0. The van der Waals surface area contributed by atoms with Gasteiger partial charge in [-0.2, -0.15) is 0 Å². The summed E-state index contributed by atoms with van der Waals surface area (Å²) in [5.74, 6) is 3.92. The Morgan fingerprint density at radius 3 is 2.63 bits per heavy atom. The van der Waals surface area contributed by atoms with Gasteiger partial charge in [-0.3, -0.25) is 4.79 Å². The summed E-state index contributed by atoms with van der Waals surface area (Å²) in [5.41, 5.74) is 1.64. The normalized spacial score (nSPS) is 48.4. The zero-order valence-electron chi connectivity index (χ0n) is 19.4. The number of allylic oxidation sites excluding steroid dienone is 2. The number of epoxide rings is 1. The van der Waals surface area contributed by atoms with E-state index in [9.17, 15) is 9.90 Å². The molecule has 0 amide bonds. The van der Waals surface area contributed by atoms with Crippen molar-refractivity contribution in [1.29, 1.82) is 0 Å². The number of rotatable bonds is 5. The molecule has 0 radical (unpaired) electrons. The predicted octanol–water partition coefficient (Wildman–Crippen LogP) is 5.33. The number of hydrogen-bond donors (Lipinski definition) is 1. The van der Waals surface area contributed by atoms with E-state index in [0.717, 1.165) is 24.7 Å². The van der Waals surface area contributed by atoms with Crippen LogP contribution in [-0.2, 0) is 9.53 Å². The molecule has 3 fully saturated rings. The van der Waals surface area contributed by atoms with E-state index in [1.165, 1.54) is 31.3 Å². The molecule has 1 N–H and O–H groups in total. The molecule has 3 nitrogen and oxygen atoms in total. The predicted molar refractivity (Wildman–Crippen MR) is 119 cm³/mol. The van der Waals surface area contributed by atoms with Gasteiger partial charge in [0, 0.05) is 5.41 Å². The highest BCUT2D eigenvalue weighted by atomic mass is 16.6. The maximum Gasteiger partial charge on any atom is 0.187 e. The van der Waals surface area contributed by atoms with E-state index in [1.54, 1.807) is 0 Å². The SMILES string of the molecule is CC(C)C(O)CC[C@@H](C)[C@H]1CC[C@H]2[C@@H]3C=CC4=CC(=O)[C@@H]5O[C@@H]5[C@]4(C)[C@H]3CC[C@]12C. The van der Waals surface area contributed by atoms with Crippen LogP contribution in [-0.4, -0.2) is 29.2 Å². The second kappa shape index (κ2) is 7.04. The minimum absolute atomic E-state index is 0.0183. The first-order valence-corrected chi connectivity index (χ1v) is 12.5. The van der Waals surface area contributed by atoms with Crippen LogP contribution < -0.4 is 0 Å². The van der Waals surface area contributed by atoms with E-state index in [4.69, 9.17) is 4.74 Å². The highest BCUT2D eigenvalue weighted by Gasteiger charge is 2.66. The first-order valence-electron chi connectivity index (χ1n) is 12.5. The van der Waals surface area contributed by atoms with E-state index in [2.05, 4.69) is 46.8 Å². The number of aliphatic hydroxyl groups excluding tert-OH is 1. The molecule has 30 heavy (non-hydrogen) atoms. The van der Waals surface area contributed by atoms with Crippen molar-refractivity contribution >= 4 is 5.78 Å². The number of carbonyl (C=O) groups excluding carboxylic acids is 1. The molecule has 0 aromatic heterocycles. The minimum atomic E-state index is -0.167. The lowest BCUT2D eigenvalue weighted by atomic mass is 9.48. The van der Waals surface area contributed by atoms with Crippen LogP contribution in [0.25, 0.3) is 0 Å². The lowest BCUT2D eigenvalue weighted by Gasteiger charge is -2.56. The average Bonchev–Trinajstić information content (AvgIpc) is 3.44. The minimum Gasteiger partial charge on any atom is -0.393 e. The molecule has 5 rings (SSSR count). The first-order chi connectivity index (χ1) is 14.2. The van der Waals surface area contributed by atoms with Crippen LogP contribution >= 0.6 is 0 Å². The van der Waals surface area contributed by atoms with Crippen molar-refractivity contribution in [2.75, 3.05) is 0 Å². The summed E-state index contributed by atoms with van der Waals surface area (Å²) in [6.45, 7) is 11.6. The molecule has 0 bridgehead atoms. The van der Waals surface area contributed by atoms with Crippen molar-refractivity contribution in [3.63, 3.8) is 0 Å². The third-order valence-corrected chi connectivity index (χ3v) is 10.3. The average molecular weight is 413 g/mol. The van der Waals surface area contributed by atoms with E-state index < -0.39 is 0 Å². The van der Waals surface area contributed by atoms with Crippen LogP contribution in [0.2, 0.25) is 0 Å². The van der Waals surface area contributed by atoms with Gasteiger partial charge < -0.3 is 9.84 Å². The van der Waals surface area contributed by atoms with Crippen molar-refractivity contribution in [3.8, 4) is 0 Å². The summed E-state index contributed by atoms with van der Waals surface area (Å²) in [4.78, 5) is 12.2. The Hall–Kier alpha value is -0.930. The van der Waals surface area contributed by atoms with Crippen molar-refractivity contribution in [1.82, 2.24) is 0 Å². The van der Waals surface area contributed by atoms with Gasteiger partial charge in [-0.25, -0.2) is 0 Å². The molecular weight excluding hydrogens is 372 g/mol. The van der Waals surface area contributed by atoms with Crippen molar-refractivity contribution in [2.24, 2.45) is 46.3 Å². The van der Waals surface area contributed by atoms with Crippen LogP contribution in [0.15, 0.2) is 23.8 Å². The summed E-state index contributed by atoms with van der Waals surface area (Å²) >= 11 is 0. The molecule has 0 aromatic carbocycles. The molecule has 1 aliphatic heterocycles. The third-order valence-electron chi connectivity index (χ3n) is 10.3. The van der Waals surface area contributed by atoms with Gasteiger partial charge in [-0.05, 0) is 91.1 Å². The van der Waals surface area contributed by atoms with Gasteiger partial charge in [-0.15, -0.1) is 0 Å². The van der Waals surface area contributed by atoms with Gasteiger partial charge in [0.2, 0.25) is 0 Å². The molecule has 0 spiro atoms. The molecule has 166 valence electrons. The second-order valence-corrected chi connectivity index (χ2v) is 12.0. The Balaban J connectivity index is 1.36. The monoisotopic (exact) mass is 412 g/mol. The molecule has 4 aliphatic carbocycles. The number of carbonyl (C=O) groups is 1. The van der Waals surface area contributed by atoms with Gasteiger partial charge in [0.05, 0.1) is 6.10 Å². The second-order valence-electron chi connectivity index (χ2n) is 12.0. The molecule has 1 heterocycles. The lowest BCUT2D eigenvalue weighted by molar-refractivity contribution is -0.116. The summed E-state index contributed by atoms with van der Waals surface area (Å²) in [5, 5.41) is 10.3. The first kappa shape index (κ1) is 20.9. The Bertz CT molecular complexity index is 781.